The van der Waals surface area contributed by atoms with Crippen LogP contribution in [-0.2, 0) is 47.0 Å². The maximum atomic E-state index is 11.7. The van der Waals surface area contributed by atoms with Gasteiger partial charge in [-0.25, -0.2) is 16.8 Å². The molecule has 0 bridgehead atoms. The van der Waals surface area contributed by atoms with Gasteiger partial charge in [-0.2, -0.15) is 0 Å². The average molecular weight is 994 g/mol. The van der Waals surface area contributed by atoms with Gasteiger partial charge in [0.1, 0.15) is 34.2 Å². The van der Waals surface area contributed by atoms with Crippen LogP contribution in [0.1, 0.15) is 13.8 Å². The van der Waals surface area contributed by atoms with E-state index in [1.54, 1.807) is 24.3 Å². The predicted molar refractivity (Wildman–Crippen MR) is 235 cm³/mol. The number of nitro groups is 2. The third-order valence-corrected chi connectivity index (χ3v) is 9.45. The molecular weight excluding hydrogens is 960 g/mol. The van der Waals surface area contributed by atoms with Gasteiger partial charge in [0.15, 0.2) is 0 Å². The number of sulfonamides is 2. The van der Waals surface area contributed by atoms with E-state index in [0.29, 0.717) is 10.8 Å². The summed E-state index contributed by atoms with van der Waals surface area (Å²) < 4.78 is 51.6. The molecule has 2 amide bonds. The maximum Gasteiger partial charge on any atom is 1.00 e. The minimum Gasteiger partial charge on any atom is -0.506 e. The molecule has 6 rings (SSSR count). The predicted octanol–water partition coefficient (Wildman–Crippen LogP) is 4.81. The number of amides is 2. The summed E-state index contributed by atoms with van der Waals surface area (Å²) in [6.45, 7) is 2.40. The van der Waals surface area contributed by atoms with E-state index in [9.17, 15) is 67.1 Å². The Balaban J connectivity index is 0.000000340. The van der Waals surface area contributed by atoms with Crippen LogP contribution in [0.3, 0.4) is 0 Å². The molecule has 338 valence electrons. The van der Waals surface area contributed by atoms with Gasteiger partial charge in [0.2, 0.25) is 43.4 Å². The van der Waals surface area contributed by atoms with Crippen LogP contribution in [0, 0.1) is 20.2 Å². The molecule has 0 heterocycles. The summed E-state index contributed by atoms with van der Waals surface area (Å²) >= 11 is 0. The van der Waals surface area contributed by atoms with E-state index in [4.69, 9.17) is 0 Å². The van der Waals surface area contributed by atoms with Gasteiger partial charge < -0.3 is 31.1 Å². The van der Waals surface area contributed by atoms with Crippen LogP contribution in [0.4, 0.5) is 56.9 Å². The molecule has 8 N–H and O–H groups in total. The Labute approximate surface area is 406 Å². The molecule has 0 aliphatic heterocycles. The largest absolute Gasteiger partial charge is 1.00 e. The molecule has 24 nitrogen and oxygen atoms in total. The number of nitrogens with zero attached hydrogens (tertiary/aromatic N) is 6. The second kappa shape index (κ2) is 21.8. The van der Waals surface area contributed by atoms with Crippen LogP contribution in [-0.4, -0.2) is 71.4 Å². The molecule has 0 saturated heterocycles. The van der Waals surface area contributed by atoms with Crippen molar-refractivity contribution in [3.8, 4) is 23.0 Å². The fraction of sp³-hybridized carbons (Fsp3) is 0.105. The third-order valence-electron chi connectivity index (χ3n) is 8.27. The van der Waals surface area contributed by atoms with Gasteiger partial charge in [0.05, 0.1) is 45.1 Å². The number of carbonyl (C=O) groups is 2. The van der Waals surface area contributed by atoms with Gasteiger partial charge in [0.25, 0.3) is 0 Å². The molecule has 28 heteroatoms. The minimum absolute atomic E-state index is 0. The summed E-state index contributed by atoms with van der Waals surface area (Å²) in [6.07, 6.45) is 1.92. The molecule has 0 spiro atoms. The number of fused-ring (bicyclic) bond motifs is 2. The Morgan fingerprint density at radius 1 is 0.576 bits per heavy atom. The van der Waals surface area contributed by atoms with Crippen LogP contribution in [0.25, 0.3) is 21.5 Å². The fourth-order valence-electron chi connectivity index (χ4n) is 5.87. The van der Waals surface area contributed by atoms with Gasteiger partial charge in [-0.05, 0) is 47.2 Å². The molecule has 66 heavy (non-hydrogen) atoms. The molecule has 6 aromatic rings. The molecule has 0 aliphatic carbocycles. The summed E-state index contributed by atoms with van der Waals surface area (Å²) in [5.41, 5.74) is -2.18. The normalized spacial score (nSPS) is 11.2. The zero-order chi connectivity index (χ0) is 47.3. The summed E-state index contributed by atoms with van der Waals surface area (Å²) in [6, 6.07) is 19.4. The van der Waals surface area contributed by atoms with Crippen LogP contribution in [0.2, 0.25) is 0 Å². The van der Waals surface area contributed by atoms with E-state index in [1.165, 1.54) is 50.2 Å². The van der Waals surface area contributed by atoms with Crippen molar-refractivity contribution >= 4 is 110 Å². The number of phenolic OH excluding ortho intramolecular Hbond substituents is 4. The number of hydrogen-bond acceptors (Lipinski definition) is 18. The van der Waals surface area contributed by atoms with E-state index in [1.807, 2.05) is 0 Å². The summed E-state index contributed by atoms with van der Waals surface area (Å²) in [4.78, 5) is 43.4. The molecule has 0 atom stereocenters. The van der Waals surface area contributed by atoms with Crippen LogP contribution in [0.5, 0.6) is 23.0 Å². The fourth-order valence-corrected chi connectivity index (χ4v) is 7.01. The first-order chi connectivity index (χ1) is 29.9. The number of nitrogens with one attached hydrogen (secondary N) is 4. The van der Waals surface area contributed by atoms with Crippen molar-refractivity contribution in [2.45, 2.75) is 13.8 Å². The SMILES string of the molecule is CC(=O)Nc1cc(N=Nc2c(O)ccc3cccc(NS(C)(=O)=O)c23)c(O)c([N+](=O)[O-])c1.CC(=O)Nc1cc(N=Nc2c(O)ccc3cccc(NS(C)(=O)=O)c23)c(O)c([N+](=O)[O-])c1.[Cr].[Na+]. The van der Waals surface area contributed by atoms with Crippen molar-refractivity contribution in [3.63, 3.8) is 0 Å². The maximum absolute atomic E-state index is 11.7. The summed E-state index contributed by atoms with van der Waals surface area (Å²) in [5, 5.41) is 85.3. The number of rotatable bonds is 12. The van der Waals surface area contributed by atoms with E-state index in [0.717, 1.165) is 36.8 Å². The quantitative estimate of drug-likeness (QED) is 0.0268. The monoisotopic (exact) mass is 993 g/mol. The van der Waals surface area contributed by atoms with Gasteiger partial charge >= 0.3 is 40.9 Å². The first-order valence-corrected chi connectivity index (χ1v) is 21.6. The zero-order valence-electron chi connectivity index (χ0n) is 34.9. The van der Waals surface area contributed by atoms with Crippen LogP contribution >= 0.6 is 0 Å². The minimum atomic E-state index is -3.66. The van der Waals surface area contributed by atoms with Gasteiger partial charge in [-0.3, -0.25) is 39.3 Å². The van der Waals surface area contributed by atoms with E-state index in [-0.39, 0.29) is 115 Å². The number of aromatic hydroxyl groups is 4. The average Bonchev–Trinajstić information content (AvgIpc) is 3.17. The Hall–Kier alpha value is -6.99. The zero-order valence-corrected chi connectivity index (χ0v) is 39.8. The van der Waals surface area contributed by atoms with E-state index in [2.05, 4.69) is 40.5 Å². The standard InChI is InChI=1S/2C19H17N5O7S.Cr.Na/c2*1-10(25)20-12-8-14(19(27)15(9-12)24(28)29)21-22-18-16(26)7-6-11-4-3-5-13(17(11)18)23-32(2,30)31;;/h2*3-9,23,26-27H,1-2H3,(H,20,25);;/q;;;+1. The summed E-state index contributed by atoms with van der Waals surface area (Å²) in [5.74, 6) is -3.32. The van der Waals surface area contributed by atoms with Crippen molar-refractivity contribution < 1.29 is 104 Å². The topological polar surface area (TPSA) is 367 Å². The second-order valence-electron chi connectivity index (χ2n) is 13.4. The van der Waals surface area contributed by atoms with Crippen molar-refractivity contribution in [2.24, 2.45) is 20.5 Å². The van der Waals surface area contributed by atoms with Crippen LogP contribution in [0.15, 0.2) is 105 Å². The first kappa shape index (κ1) is 53.4. The Kier molecular flexibility index (Phi) is 17.6. The summed E-state index contributed by atoms with van der Waals surface area (Å²) in [7, 11) is -7.33. The van der Waals surface area contributed by atoms with Gasteiger partial charge in [-0.15, -0.1) is 20.5 Å². The second-order valence-corrected chi connectivity index (χ2v) is 16.9. The first-order valence-electron chi connectivity index (χ1n) is 17.8. The van der Waals surface area contributed by atoms with E-state index < -0.39 is 64.6 Å². The number of carbonyl (C=O) groups excluding carboxylic acids is 2. The van der Waals surface area contributed by atoms with Crippen LogP contribution < -0.4 is 49.6 Å². The number of azo groups is 2. The Morgan fingerprint density at radius 3 is 1.23 bits per heavy atom. The molecule has 0 aliphatic rings. The van der Waals surface area contributed by atoms with Gasteiger partial charge in [0, 0.05) is 54.1 Å². The van der Waals surface area contributed by atoms with Crippen molar-refractivity contribution in [2.75, 3.05) is 32.6 Å². The molecule has 0 aromatic heterocycles. The number of phenols is 4. The molecule has 0 unspecified atom stereocenters. The van der Waals surface area contributed by atoms with Gasteiger partial charge in [-0.1, -0.05) is 36.4 Å². The number of hydrogen-bond donors (Lipinski definition) is 8. The van der Waals surface area contributed by atoms with E-state index >= 15 is 0 Å². The Bertz CT molecular complexity index is 3000. The number of benzene rings is 6. The molecule has 0 radical (unpaired) electrons. The molecule has 6 aromatic carbocycles. The van der Waals surface area contributed by atoms with Crippen molar-refractivity contribution in [3.05, 3.63) is 105 Å². The third kappa shape index (κ3) is 13.5. The molecule has 0 fully saturated rings. The van der Waals surface area contributed by atoms with Crippen molar-refractivity contribution in [1.82, 2.24) is 0 Å². The number of anilines is 4. The smallest absolute Gasteiger partial charge is 0.506 e. The Morgan fingerprint density at radius 2 is 0.924 bits per heavy atom. The van der Waals surface area contributed by atoms with Crippen molar-refractivity contribution in [1.29, 1.82) is 0 Å². The number of nitro benzene ring substituents is 2. The molecular formula is C38H34CrN10NaO14S2+. The molecule has 0 saturated carbocycles.